The van der Waals surface area contributed by atoms with Crippen LogP contribution in [0.3, 0.4) is 0 Å². The van der Waals surface area contributed by atoms with Gasteiger partial charge in [-0.3, -0.25) is 0 Å². The minimum absolute atomic E-state index is 1.11. The Labute approximate surface area is 86.1 Å². The molecule has 4 nitrogen and oxygen atoms in total. The molecule has 4 N–H and O–H groups in total. The van der Waals surface area contributed by atoms with Gasteiger partial charge in [-0.15, -0.1) is 0 Å². The Hall–Kier alpha value is -1.19. The van der Waals surface area contributed by atoms with Gasteiger partial charge < -0.3 is 16.3 Å². The fourth-order valence-corrected chi connectivity index (χ4v) is 0.816. The molecular weight excluding hydrogens is 244 g/mol. The molecule has 1 atom stereocenters. The third kappa shape index (κ3) is 5.63. The zero-order valence-corrected chi connectivity index (χ0v) is 7.73. The van der Waals surface area contributed by atoms with E-state index in [0.29, 0.717) is 0 Å². The van der Waals surface area contributed by atoms with E-state index in [0.717, 1.165) is 0 Å². The summed E-state index contributed by atoms with van der Waals surface area (Å²) < 4.78 is 71.4. The first kappa shape index (κ1) is 14.8. The lowest BCUT2D eigenvalue weighted by atomic mass is 10.1. The van der Waals surface area contributed by atoms with Crippen molar-refractivity contribution in [1.29, 1.82) is 0 Å². The SMILES string of the molecule is NC(=NO)C(CNCC(F)(F)F)C(F)(F)F. The van der Waals surface area contributed by atoms with Gasteiger partial charge in [0.1, 0.15) is 5.92 Å². The highest BCUT2D eigenvalue weighted by molar-refractivity contribution is 5.83. The molecule has 16 heavy (non-hydrogen) atoms. The summed E-state index contributed by atoms with van der Waals surface area (Å²) in [6, 6.07) is 0. The number of hydrogen-bond acceptors (Lipinski definition) is 3. The molecule has 0 saturated carbocycles. The van der Waals surface area contributed by atoms with Crippen LogP contribution in [0.5, 0.6) is 0 Å². The second-order valence-electron chi connectivity index (χ2n) is 2.87. The van der Waals surface area contributed by atoms with Gasteiger partial charge in [-0.05, 0) is 0 Å². The average molecular weight is 253 g/mol. The van der Waals surface area contributed by atoms with E-state index in [2.05, 4.69) is 5.16 Å². The molecule has 0 saturated heterocycles. The van der Waals surface area contributed by atoms with Crippen LogP contribution in [0.25, 0.3) is 0 Å². The van der Waals surface area contributed by atoms with Crippen LogP contribution >= 0.6 is 0 Å². The highest BCUT2D eigenvalue weighted by Crippen LogP contribution is 2.26. The van der Waals surface area contributed by atoms with Crippen LogP contribution in [-0.2, 0) is 0 Å². The van der Waals surface area contributed by atoms with Crippen LogP contribution in [-0.4, -0.2) is 36.5 Å². The fraction of sp³-hybridized carbons (Fsp3) is 0.833. The van der Waals surface area contributed by atoms with Gasteiger partial charge in [-0.25, -0.2) is 0 Å². The van der Waals surface area contributed by atoms with E-state index in [9.17, 15) is 26.3 Å². The van der Waals surface area contributed by atoms with Crippen molar-refractivity contribution < 1.29 is 31.5 Å². The van der Waals surface area contributed by atoms with E-state index in [1.54, 1.807) is 0 Å². The summed E-state index contributed by atoms with van der Waals surface area (Å²) in [4.78, 5) is 0. The highest BCUT2D eigenvalue weighted by atomic mass is 19.4. The Morgan fingerprint density at radius 2 is 1.75 bits per heavy atom. The van der Waals surface area contributed by atoms with Gasteiger partial charge in [-0.1, -0.05) is 5.16 Å². The Morgan fingerprint density at radius 3 is 2.06 bits per heavy atom. The van der Waals surface area contributed by atoms with Crippen LogP contribution in [0.15, 0.2) is 5.16 Å². The zero-order chi connectivity index (χ0) is 13.0. The Balaban J connectivity index is 4.37. The Morgan fingerprint density at radius 1 is 1.25 bits per heavy atom. The van der Waals surface area contributed by atoms with Crippen molar-refractivity contribution in [1.82, 2.24) is 5.32 Å². The molecule has 0 aromatic carbocycles. The van der Waals surface area contributed by atoms with Gasteiger partial charge in [0.2, 0.25) is 0 Å². The van der Waals surface area contributed by atoms with Gasteiger partial charge in [0.05, 0.1) is 6.54 Å². The van der Waals surface area contributed by atoms with Crippen molar-refractivity contribution in [2.45, 2.75) is 12.4 Å². The quantitative estimate of drug-likeness (QED) is 0.231. The van der Waals surface area contributed by atoms with Crippen molar-refractivity contribution >= 4 is 5.84 Å². The number of amidine groups is 1. The predicted octanol–water partition coefficient (Wildman–Crippen LogP) is 1.06. The second kappa shape index (κ2) is 5.23. The molecule has 0 amide bonds. The third-order valence-corrected chi connectivity index (χ3v) is 1.54. The molecule has 0 aliphatic carbocycles. The largest absolute Gasteiger partial charge is 0.409 e. The summed E-state index contributed by atoms with van der Waals surface area (Å²) in [6.45, 7) is -2.70. The summed E-state index contributed by atoms with van der Waals surface area (Å²) in [5.41, 5.74) is 4.71. The van der Waals surface area contributed by atoms with Crippen molar-refractivity contribution in [2.24, 2.45) is 16.8 Å². The first-order valence-electron chi connectivity index (χ1n) is 3.89. The number of alkyl halides is 6. The number of hydrogen-bond donors (Lipinski definition) is 3. The molecular formula is C6H9F6N3O. The van der Waals surface area contributed by atoms with Gasteiger partial charge >= 0.3 is 12.4 Å². The van der Waals surface area contributed by atoms with Gasteiger partial charge in [-0.2, -0.15) is 26.3 Å². The molecule has 0 bridgehead atoms. The van der Waals surface area contributed by atoms with Crippen LogP contribution in [0.1, 0.15) is 0 Å². The fourth-order valence-electron chi connectivity index (χ4n) is 0.816. The number of rotatable bonds is 4. The van der Waals surface area contributed by atoms with E-state index in [-0.39, 0.29) is 0 Å². The third-order valence-electron chi connectivity index (χ3n) is 1.54. The van der Waals surface area contributed by atoms with Crippen LogP contribution in [0, 0.1) is 5.92 Å². The van der Waals surface area contributed by atoms with Crippen molar-refractivity contribution in [2.75, 3.05) is 13.1 Å². The van der Waals surface area contributed by atoms with Crippen molar-refractivity contribution in [3.63, 3.8) is 0 Å². The smallest absolute Gasteiger partial charge is 0.401 e. The number of halogens is 6. The predicted molar refractivity (Wildman–Crippen MR) is 41.9 cm³/mol. The van der Waals surface area contributed by atoms with E-state index < -0.39 is 37.2 Å². The Bertz CT molecular complexity index is 248. The molecule has 0 fully saturated rings. The normalized spacial score (nSPS) is 16.2. The molecule has 96 valence electrons. The molecule has 0 heterocycles. The highest BCUT2D eigenvalue weighted by Gasteiger charge is 2.43. The molecule has 0 rings (SSSR count). The molecule has 0 radical (unpaired) electrons. The van der Waals surface area contributed by atoms with Gasteiger partial charge in [0.15, 0.2) is 5.84 Å². The minimum Gasteiger partial charge on any atom is -0.409 e. The monoisotopic (exact) mass is 253 g/mol. The number of oxime groups is 1. The summed E-state index contributed by atoms with van der Waals surface area (Å²) in [7, 11) is 0. The first-order valence-corrected chi connectivity index (χ1v) is 3.89. The Kier molecular flexibility index (Phi) is 4.84. The molecule has 1 unspecified atom stereocenters. The van der Waals surface area contributed by atoms with E-state index in [1.807, 2.05) is 0 Å². The molecule has 0 aromatic heterocycles. The zero-order valence-electron chi connectivity index (χ0n) is 7.73. The molecule has 0 aliphatic heterocycles. The van der Waals surface area contributed by atoms with Gasteiger partial charge in [0.25, 0.3) is 0 Å². The van der Waals surface area contributed by atoms with Gasteiger partial charge in [0, 0.05) is 6.54 Å². The summed E-state index contributed by atoms with van der Waals surface area (Å²) in [6.07, 6.45) is -9.50. The lowest BCUT2D eigenvalue weighted by molar-refractivity contribution is -0.159. The maximum absolute atomic E-state index is 12.2. The first-order chi connectivity index (χ1) is 7.08. The lowest BCUT2D eigenvalue weighted by Crippen LogP contribution is -2.44. The summed E-state index contributed by atoms with van der Waals surface area (Å²) >= 11 is 0. The van der Waals surface area contributed by atoms with Crippen molar-refractivity contribution in [3.05, 3.63) is 0 Å². The maximum atomic E-state index is 12.2. The average Bonchev–Trinajstić information content (AvgIpc) is 2.07. The van der Waals surface area contributed by atoms with Crippen LogP contribution in [0.2, 0.25) is 0 Å². The van der Waals surface area contributed by atoms with Crippen LogP contribution < -0.4 is 11.1 Å². The van der Waals surface area contributed by atoms with Crippen LogP contribution in [0.4, 0.5) is 26.3 Å². The molecule has 0 aromatic rings. The van der Waals surface area contributed by atoms with E-state index in [1.165, 1.54) is 5.32 Å². The second-order valence-corrected chi connectivity index (χ2v) is 2.87. The number of nitrogens with one attached hydrogen (secondary N) is 1. The standard InChI is InChI=1S/C6H9F6N3O/c7-5(8,9)2-14-1-3(4(13)15-16)6(10,11)12/h3,14,16H,1-2H2,(H2,13,15). The molecule has 0 aliphatic rings. The lowest BCUT2D eigenvalue weighted by Gasteiger charge is -2.19. The maximum Gasteiger partial charge on any atom is 0.401 e. The minimum atomic E-state index is -4.88. The van der Waals surface area contributed by atoms with Crippen molar-refractivity contribution in [3.8, 4) is 0 Å². The topological polar surface area (TPSA) is 70.6 Å². The molecule has 0 spiro atoms. The number of nitrogens with zero attached hydrogens (tertiary/aromatic N) is 1. The van der Waals surface area contributed by atoms with E-state index >= 15 is 0 Å². The summed E-state index contributed by atoms with van der Waals surface area (Å²) in [5.74, 6) is -3.65. The summed E-state index contributed by atoms with van der Waals surface area (Å²) in [5, 5.41) is 11.7. The van der Waals surface area contributed by atoms with E-state index in [4.69, 9.17) is 10.9 Å². The number of nitrogens with two attached hydrogens (primary N) is 1. The molecule has 10 heteroatoms.